The van der Waals surface area contributed by atoms with Gasteiger partial charge in [-0.1, -0.05) is 30.3 Å². The molecule has 0 unspecified atom stereocenters. The van der Waals surface area contributed by atoms with Gasteiger partial charge in [-0.15, -0.1) is 0 Å². The molecule has 28 heavy (non-hydrogen) atoms. The molecule has 0 atom stereocenters. The predicted octanol–water partition coefficient (Wildman–Crippen LogP) is 1.95. The summed E-state index contributed by atoms with van der Waals surface area (Å²) in [5, 5.41) is 2.92. The van der Waals surface area contributed by atoms with Gasteiger partial charge in [0, 0.05) is 38.8 Å². The van der Waals surface area contributed by atoms with Crippen molar-refractivity contribution in [1.29, 1.82) is 0 Å². The Hall–Kier alpha value is -2.51. The lowest BCUT2D eigenvalue weighted by Gasteiger charge is -2.27. The van der Waals surface area contributed by atoms with Crippen LogP contribution in [0, 0.1) is 0 Å². The lowest BCUT2D eigenvalue weighted by Crippen LogP contribution is -2.41. The predicted molar refractivity (Wildman–Crippen MR) is 109 cm³/mol. The standard InChI is InChI=1S/C21H29N5O2/c1-17(2)26(16-18-6-4-3-5-7-18)20-15-23-19(14-24-20)21(27)22-8-9-25-10-12-28-13-11-25/h3-7,14-15,17H,8-13,16H2,1-2H3,(H,22,27). The van der Waals surface area contributed by atoms with Gasteiger partial charge in [0.2, 0.25) is 0 Å². The molecule has 1 amide bonds. The van der Waals surface area contributed by atoms with Crippen LogP contribution in [0.4, 0.5) is 5.82 Å². The van der Waals surface area contributed by atoms with Gasteiger partial charge in [0.1, 0.15) is 11.5 Å². The second-order valence-corrected chi connectivity index (χ2v) is 7.18. The average molecular weight is 383 g/mol. The second-order valence-electron chi connectivity index (χ2n) is 7.18. The highest BCUT2D eigenvalue weighted by molar-refractivity contribution is 5.92. The minimum atomic E-state index is -0.188. The van der Waals surface area contributed by atoms with Crippen LogP contribution < -0.4 is 10.2 Å². The van der Waals surface area contributed by atoms with Crippen molar-refractivity contribution in [2.45, 2.75) is 26.4 Å². The molecular weight excluding hydrogens is 354 g/mol. The third-order valence-electron chi connectivity index (χ3n) is 4.80. The number of amides is 1. The minimum absolute atomic E-state index is 0.188. The number of rotatable bonds is 8. The van der Waals surface area contributed by atoms with Crippen LogP contribution in [0.15, 0.2) is 42.7 Å². The van der Waals surface area contributed by atoms with Crippen molar-refractivity contribution in [3.63, 3.8) is 0 Å². The van der Waals surface area contributed by atoms with E-state index in [1.165, 1.54) is 5.56 Å². The monoisotopic (exact) mass is 383 g/mol. The molecule has 150 valence electrons. The molecule has 1 saturated heterocycles. The Balaban J connectivity index is 1.55. The van der Waals surface area contributed by atoms with E-state index in [0.717, 1.165) is 45.2 Å². The molecule has 1 aliphatic rings. The van der Waals surface area contributed by atoms with Crippen LogP contribution in [0.1, 0.15) is 29.9 Å². The van der Waals surface area contributed by atoms with Crippen molar-refractivity contribution in [3.8, 4) is 0 Å². The van der Waals surface area contributed by atoms with Crippen LogP contribution in [-0.4, -0.2) is 66.2 Å². The average Bonchev–Trinajstić information content (AvgIpc) is 2.73. The summed E-state index contributed by atoms with van der Waals surface area (Å²) in [6, 6.07) is 10.5. The summed E-state index contributed by atoms with van der Waals surface area (Å²) in [7, 11) is 0. The molecule has 0 saturated carbocycles. The van der Waals surface area contributed by atoms with Gasteiger partial charge >= 0.3 is 0 Å². The van der Waals surface area contributed by atoms with Crippen LogP contribution in [0.2, 0.25) is 0 Å². The highest BCUT2D eigenvalue weighted by atomic mass is 16.5. The maximum atomic E-state index is 12.3. The highest BCUT2D eigenvalue weighted by Gasteiger charge is 2.15. The van der Waals surface area contributed by atoms with Crippen molar-refractivity contribution in [2.75, 3.05) is 44.3 Å². The molecule has 3 rings (SSSR count). The first-order chi connectivity index (χ1) is 13.6. The van der Waals surface area contributed by atoms with Crippen LogP contribution in [0.5, 0.6) is 0 Å². The number of hydrogen-bond donors (Lipinski definition) is 1. The van der Waals surface area contributed by atoms with E-state index in [1.54, 1.807) is 12.4 Å². The maximum Gasteiger partial charge on any atom is 0.271 e. The Kier molecular flexibility index (Phi) is 7.33. The Labute approximate surface area is 166 Å². The molecule has 1 aromatic carbocycles. The Bertz CT molecular complexity index is 730. The number of benzene rings is 1. The maximum absolute atomic E-state index is 12.3. The van der Waals surface area contributed by atoms with E-state index in [0.29, 0.717) is 12.2 Å². The molecule has 1 N–H and O–H groups in total. The number of nitrogens with zero attached hydrogens (tertiary/aromatic N) is 4. The summed E-state index contributed by atoms with van der Waals surface area (Å²) in [4.78, 5) is 25.6. The van der Waals surface area contributed by atoms with Gasteiger partial charge in [-0.3, -0.25) is 9.69 Å². The smallest absolute Gasteiger partial charge is 0.271 e. The molecule has 0 radical (unpaired) electrons. The fourth-order valence-corrected chi connectivity index (χ4v) is 3.14. The number of nitrogens with one attached hydrogen (secondary N) is 1. The fraction of sp³-hybridized carbons (Fsp3) is 0.476. The molecule has 7 nitrogen and oxygen atoms in total. The Morgan fingerprint density at radius 2 is 1.93 bits per heavy atom. The van der Waals surface area contributed by atoms with Crippen molar-refractivity contribution in [2.24, 2.45) is 0 Å². The molecule has 1 aliphatic heterocycles. The largest absolute Gasteiger partial charge is 0.379 e. The highest BCUT2D eigenvalue weighted by Crippen LogP contribution is 2.17. The zero-order chi connectivity index (χ0) is 19.8. The van der Waals surface area contributed by atoms with Gasteiger partial charge in [-0.25, -0.2) is 9.97 Å². The molecule has 0 spiro atoms. The molecule has 2 aromatic rings. The molecule has 2 heterocycles. The molecule has 1 fully saturated rings. The number of morpholine rings is 1. The van der Waals surface area contributed by atoms with Gasteiger partial charge in [-0.05, 0) is 19.4 Å². The summed E-state index contributed by atoms with van der Waals surface area (Å²) < 4.78 is 5.33. The van der Waals surface area contributed by atoms with Crippen molar-refractivity contribution in [1.82, 2.24) is 20.2 Å². The second kappa shape index (κ2) is 10.1. The molecule has 0 bridgehead atoms. The molecule has 0 aliphatic carbocycles. The lowest BCUT2D eigenvalue weighted by atomic mass is 10.2. The number of carbonyl (C=O) groups is 1. The summed E-state index contributed by atoms with van der Waals surface area (Å²) in [6.07, 6.45) is 3.24. The van der Waals surface area contributed by atoms with E-state index in [4.69, 9.17) is 4.74 Å². The fourth-order valence-electron chi connectivity index (χ4n) is 3.14. The molecule has 1 aromatic heterocycles. The van der Waals surface area contributed by atoms with Gasteiger partial charge in [-0.2, -0.15) is 0 Å². The van der Waals surface area contributed by atoms with Crippen molar-refractivity contribution < 1.29 is 9.53 Å². The van der Waals surface area contributed by atoms with Crippen LogP contribution in [0.25, 0.3) is 0 Å². The molecular formula is C21H29N5O2. The third kappa shape index (κ3) is 5.74. The number of hydrogen-bond acceptors (Lipinski definition) is 6. The first-order valence-electron chi connectivity index (χ1n) is 9.84. The first kappa shape index (κ1) is 20.2. The van der Waals surface area contributed by atoms with Crippen LogP contribution in [-0.2, 0) is 11.3 Å². The summed E-state index contributed by atoms with van der Waals surface area (Å²) >= 11 is 0. The number of anilines is 1. The third-order valence-corrected chi connectivity index (χ3v) is 4.80. The summed E-state index contributed by atoms with van der Waals surface area (Å²) in [5.74, 6) is 0.579. The first-order valence-corrected chi connectivity index (χ1v) is 9.84. The van der Waals surface area contributed by atoms with E-state index in [-0.39, 0.29) is 11.9 Å². The molecule has 7 heteroatoms. The van der Waals surface area contributed by atoms with Gasteiger partial charge < -0.3 is 15.0 Å². The number of aromatic nitrogens is 2. The van der Waals surface area contributed by atoms with Gasteiger partial charge in [0.05, 0.1) is 25.6 Å². The van der Waals surface area contributed by atoms with E-state index >= 15 is 0 Å². The van der Waals surface area contributed by atoms with E-state index in [1.807, 2.05) is 18.2 Å². The van der Waals surface area contributed by atoms with E-state index < -0.39 is 0 Å². The number of carbonyl (C=O) groups excluding carboxylic acids is 1. The lowest BCUT2D eigenvalue weighted by molar-refractivity contribution is 0.0383. The topological polar surface area (TPSA) is 70.6 Å². The number of ether oxygens (including phenoxy) is 1. The Morgan fingerprint density at radius 1 is 1.18 bits per heavy atom. The zero-order valence-electron chi connectivity index (χ0n) is 16.7. The van der Waals surface area contributed by atoms with Gasteiger partial charge in [0.25, 0.3) is 5.91 Å². The SMILES string of the molecule is CC(C)N(Cc1ccccc1)c1cnc(C(=O)NCCN2CCOCC2)cn1. The van der Waals surface area contributed by atoms with E-state index in [2.05, 4.69) is 51.1 Å². The Morgan fingerprint density at radius 3 is 2.57 bits per heavy atom. The zero-order valence-corrected chi connectivity index (χ0v) is 16.7. The van der Waals surface area contributed by atoms with Crippen LogP contribution in [0.3, 0.4) is 0 Å². The minimum Gasteiger partial charge on any atom is -0.379 e. The quantitative estimate of drug-likeness (QED) is 0.751. The van der Waals surface area contributed by atoms with Crippen molar-refractivity contribution >= 4 is 11.7 Å². The summed E-state index contributed by atoms with van der Waals surface area (Å²) in [6.45, 7) is 9.75. The van der Waals surface area contributed by atoms with E-state index in [9.17, 15) is 4.79 Å². The summed E-state index contributed by atoms with van der Waals surface area (Å²) in [5.41, 5.74) is 1.55. The van der Waals surface area contributed by atoms with Gasteiger partial charge in [0.15, 0.2) is 0 Å². The normalized spacial score (nSPS) is 14.8. The van der Waals surface area contributed by atoms with Crippen LogP contribution >= 0.6 is 0 Å². The van der Waals surface area contributed by atoms with Crippen molar-refractivity contribution in [3.05, 3.63) is 54.0 Å².